The summed E-state index contributed by atoms with van der Waals surface area (Å²) >= 11 is 0. The minimum absolute atomic E-state index is 0.260. The van der Waals surface area contributed by atoms with Crippen LogP contribution in [0.4, 0.5) is 0 Å². The molecule has 0 aliphatic carbocycles. The number of hydrogen-bond donors (Lipinski definition) is 0. The highest BCUT2D eigenvalue weighted by Gasteiger charge is 2.39. The van der Waals surface area contributed by atoms with Crippen molar-refractivity contribution in [2.45, 2.75) is 51.5 Å². The van der Waals surface area contributed by atoms with Gasteiger partial charge < -0.3 is 18.9 Å². The first-order valence-electron chi connectivity index (χ1n) is 9.13. The van der Waals surface area contributed by atoms with Gasteiger partial charge in [0.2, 0.25) is 0 Å². The zero-order chi connectivity index (χ0) is 16.6. The van der Waals surface area contributed by atoms with Gasteiger partial charge in [-0.1, -0.05) is 0 Å². The Morgan fingerprint density at radius 3 is 2.67 bits per heavy atom. The van der Waals surface area contributed by atoms with Crippen molar-refractivity contribution in [3.63, 3.8) is 0 Å². The van der Waals surface area contributed by atoms with E-state index in [0.29, 0.717) is 6.61 Å². The molecule has 1 spiro atoms. The third-order valence-electron chi connectivity index (χ3n) is 5.20. The molecule has 0 amide bonds. The number of ether oxygens (including phenoxy) is 4. The molecule has 0 aromatic heterocycles. The van der Waals surface area contributed by atoms with Gasteiger partial charge in [0, 0.05) is 50.0 Å². The summed E-state index contributed by atoms with van der Waals surface area (Å²) in [6.45, 7) is 9.16. The second kappa shape index (κ2) is 6.54. The van der Waals surface area contributed by atoms with Gasteiger partial charge in [-0.2, -0.15) is 0 Å². The molecule has 0 radical (unpaired) electrons. The molecule has 0 saturated carbocycles. The first-order valence-corrected chi connectivity index (χ1v) is 9.13. The Morgan fingerprint density at radius 1 is 1.21 bits per heavy atom. The molecule has 3 aliphatic heterocycles. The van der Waals surface area contributed by atoms with Crippen LogP contribution in [0.15, 0.2) is 12.1 Å². The molecular weight excluding hydrogens is 306 g/mol. The standard InChI is InChI=1S/C19H27NO4/c1-3-21-17-11-15-10-14(2)24-18(15)12-16(17)13-20-6-4-19(5-7-20)22-8-9-23-19/h11-12,14H,3-10,13H2,1-2H3. The summed E-state index contributed by atoms with van der Waals surface area (Å²) in [6.07, 6.45) is 3.11. The van der Waals surface area contributed by atoms with Crippen molar-refractivity contribution in [1.29, 1.82) is 0 Å². The first kappa shape index (κ1) is 16.2. The summed E-state index contributed by atoms with van der Waals surface area (Å²) in [6, 6.07) is 4.35. The first-order chi connectivity index (χ1) is 11.7. The molecule has 2 saturated heterocycles. The topological polar surface area (TPSA) is 40.2 Å². The van der Waals surface area contributed by atoms with Gasteiger partial charge in [-0.05, 0) is 26.0 Å². The average molecular weight is 333 g/mol. The molecule has 0 bridgehead atoms. The van der Waals surface area contributed by atoms with E-state index in [1.54, 1.807) is 0 Å². The Bertz CT molecular complexity index is 587. The molecule has 5 nitrogen and oxygen atoms in total. The van der Waals surface area contributed by atoms with Crippen molar-refractivity contribution < 1.29 is 18.9 Å². The smallest absolute Gasteiger partial charge is 0.170 e. The van der Waals surface area contributed by atoms with Gasteiger partial charge in [0.15, 0.2) is 5.79 Å². The lowest BCUT2D eigenvalue weighted by Gasteiger charge is -2.37. The van der Waals surface area contributed by atoms with E-state index in [2.05, 4.69) is 24.0 Å². The predicted molar refractivity (Wildman–Crippen MR) is 90.6 cm³/mol. The highest BCUT2D eigenvalue weighted by molar-refractivity contribution is 5.48. The summed E-state index contributed by atoms with van der Waals surface area (Å²) in [5, 5.41) is 0. The molecule has 5 heteroatoms. The fourth-order valence-electron chi connectivity index (χ4n) is 3.97. The lowest BCUT2D eigenvalue weighted by atomic mass is 10.0. The molecule has 2 fully saturated rings. The second-order valence-electron chi connectivity index (χ2n) is 7.02. The Labute approximate surface area is 143 Å². The Balaban J connectivity index is 1.47. The van der Waals surface area contributed by atoms with Crippen LogP contribution in [0.1, 0.15) is 37.8 Å². The third-order valence-corrected chi connectivity index (χ3v) is 5.20. The number of hydrogen-bond acceptors (Lipinski definition) is 5. The van der Waals surface area contributed by atoms with Crippen LogP contribution in [0, 0.1) is 0 Å². The Hall–Kier alpha value is -1.30. The van der Waals surface area contributed by atoms with E-state index in [1.165, 1.54) is 11.1 Å². The van der Waals surface area contributed by atoms with Crippen LogP contribution in [0.3, 0.4) is 0 Å². The van der Waals surface area contributed by atoms with Crippen LogP contribution in [0.25, 0.3) is 0 Å². The van der Waals surface area contributed by atoms with Gasteiger partial charge in [0.1, 0.15) is 17.6 Å². The van der Waals surface area contributed by atoms with Crippen LogP contribution in [0.2, 0.25) is 0 Å². The lowest BCUT2D eigenvalue weighted by Crippen LogP contribution is -2.44. The summed E-state index contributed by atoms with van der Waals surface area (Å²) in [5.74, 6) is 1.72. The largest absolute Gasteiger partial charge is 0.494 e. The van der Waals surface area contributed by atoms with Gasteiger partial charge in [-0.3, -0.25) is 4.90 Å². The number of piperidine rings is 1. The second-order valence-corrected chi connectivity index (χ2v) is 7.02. The van der Waals surface area contributed by atoms with Crippen LogP contribution < -0.4 is 9.47 Å². The van der Waals surface area contributed by atoms with E-state index in [1.807, 2.05) is 6.92 Å². The van der Waals surface area contributed by atoms with Crippen molar-refractivity contribution in [3.05, 3.63) is 23.3 Å². The van der Waals surface area contributed by atoms with Crippen molar-refractivity contribution in [2.75, 3.05) is 32.9 Å². The molecule has 4 rings (SSSR count). The van der Waals surface area contributed by atoms with E-state index in [9.17, 15) is 0 Å². The maximum absolute atomic E-state index is 5.93. The van der Waals surface area contributed by atoms with Crippen LogP contribution in [-0.2, 0) is 22.4 Å². The average Bonchev–Trinajstić information content (AvgIpc) is 3.16. The number of nitrogens with zero attached hydrogens (tertiary/aromatic N) is 1. The monoisotopic (exact) mass is 333 g/mol. The molecule has 1 atom stereocenters. The highest BCUT2D eigenvalue weighted by atomic mass is 16.7. The van der Waals surface area contributed by atoms with E-state index in [-0.39, 0.29) is 11.9 Å². The zero-order valence-corrected chi connectivity index (χ0v) is 14.7. The fraction of sp³-hybridized carbons (Fsp3) is 0.684. The van der Waals surface area contributed by atoms with Crippen molar-refractivity contribution >= 4 is 0 Å². The van der Waals surface area contributed by atoms with Gasteiger partial charge in [-0.15, -0.1) is 0 Å². The maximum atomic E-state index is 5.93. The molecule has 132 valence electrons. The van der Waals surface area contributed by atoms with Gasteiger partial charge in [-0.25, -0.2) is 0 Å². The minimum Gasteiger partial charge on any atom is -0.494 e. The zero-order valence-electron chi connectivity index (χ0n) is 14.7. The summed E-state index contributed by atoms with van der Waals surface area (Å²) in [4.78, 5) is 2.46. The SMILES string of the molecule is CCOc1cc2c(cc1CN1CCC3(CC1)OCCO3)OC(C)C2. The third kappa shape index (κ3) is 3.13. The van der Waals surface area contributed by atoms with E-state index in [0.717, 1.165) is 63.6 Å². The summed E-state index contributed by atoms with van der Waals surface area (Å²) in [5.41, 5.74) is 2.48. The minimum atomic E-state index is -0.310. The normalized spacial score (nSPS) is 25.7. The Kier molecular flexibility index (Phi) is 4.41. The van der Waals surface area contributed by atoms with E-state index in [4.69, 9.17) is 18.9 Å². The quantitative estimate of drug-likeness (QED) is 0.847. The van der Waals surface area contributed by atoms with Crippen LogP contribution >= 0.6 is 0 Å². The number of likely N-dealkylation sites (tertiary alicyclic amines) is 1. The number of benzene rings is 1. The molecule has 1 aromatic rings. The van der Waals surface area contributed by atoms with Crippen molar-refractivity contribution in [2.24, 2.45) is 0 Å². The van der Waals surface area contributed by atoms with Gasteiger partial charge in [0.25, 0.3) is 0 Å². The van der Waals surface area contributed by atoms with Gasteiger partial charge >= 0.3 is 0 Å². The van der Waals surface area contributed by atoms with Crippen LogP contribution in [0.5, 0.6) is 11.5 Å². The lowest BCUT2D eigenvalue weighted by molar-refractivity contribution is -0.185. The summed E-state index contributed by atoms with van der Waals surface area (Å²) in [7, 11) is 0. The Morgan fingerprint density at radius 2 is 1.96 bits per heavy atom. The van der Waals surface area contributed by atoms with Crippen LogP contribution in [-0.4, -0.2) is 49.7 Å². The fourth-order valence-corrected chi connectivity index (χ4v) is 3.97. The summed E-state index contributed by atoms with van der Waals surface area (Å²) < 4.78 is 23.5. The number of rotatable bonds is 4. The van der Waals surface area contributed by atoms with Gasteiger partial charge in [0.05, 0.1) is 19.8 Å². The molecular formula is C19H27NO4. The maximum Gasteiger partial charge on any atom is 0.170 e. The molecule has 24 heavy (non-hydrogen) atoms. The molecule has 3 heterocycles. The van der Waals surface area contributed by atoms with Crippen molar-refractivity contribution in [3.8, 4) is 11.5 Å². The van der Waals surface area contributed by atoms with Crippen molar-refractivity contribution in [1.82, 2.24) is 4.90 Å². The predicted octanol–water partition coefficient (Wildman–Crippen LogP) is 2.75. The molecule has 3 aliphatic rings. The molecule has 1 aromatic carbocycles. The highest BCUT2D eigenvalue weighted by Crippen LogP contribution is 2.37. The molecule has 1 unspecified atom stereocenters. The van der Waals surface area contributed by atoms with E-state index >= 15 is 0 Å². The number of fused-ring (bicyclic) bond motifs is 1. The van der Waals surface area contributed by atoms with E-state index < -0.39 is 0 Å². The molecule has 0 N–H and O–H groups in total.